The van der Waals surface area contributed by atoms with Crippen molar-refractivity contribution in [2.75, 3.05) is 23.4 Å². The highest BCUT2D eigenvalue weighted by molar-refractivity contribution is 9.10. The third kappa shape index (κ3) is 5.48. The van der Waals surface area contributed by atoms with Crippen molar-refractivity contribution in [3.63, 3.8) is 0 Å². The second-order valence-electron chi connectivity index (χ2n) is 7.78. The predicted molar refractivity (Wildman–Crippen MR) is 124 cm³/mol. The number of benzene rings is 1. The molecule has 166 valence electrons. The fourth-order valence-corrected chi connectivity index (χ4v) is 7.14. The van der Waals surface area contributed by atoms with Crippen LogP contribution >= 0.6 is 27.3 Å². The Labute approximate surface area is 193 Å². The quantitative estimate of drug-likeness (QED) is 0.601. The molecule has 1 unspecified atom stereocenters. The second kappa shape index (κ2) is 9.30. The number of thiophene rings is 1. The maximum Gasteiger partial charge on any atom is 0.262 e. The Kier molecular flexibility index (Phi) is 6.68. The maximum atomic E-state index is 13.1. The van der Waals surface area contributed by atoms with E-state index in [1.807, 2.05) is 12.1 Å². The molecule has 2 aliphatic rings. The molecule has 1 aromatic carbocycles. The average molecular weight is 527 g/mol. The van der Waals surface area contributed by atoms with Gasteiger partial charge in [-0.05, 0) is 61.9 Å². The number of ether oxygens (including phenoxy) is 1. The van der Waals surface area contributed by atoms with Crippen molar-refractivity contribution in [1.82, 2.24) is 5.32 Å². The number of carbonyl (C=O) groups is 2. The van der Waals surface area contributed by atoms with E-state index in [0.717, 1.165) is 40.6 Å². The van der Waals surface area contributed by atoms with E-state index in [-0.39, 0.29) is 36.0 Å². The van der Waals surface area contributed by atoms with E-state index >= 15 is 0 Å². The lowest BCUT2D eigenvalue weighted by molar-refractivity contribution is -0.118. The smallest absolute Gasteiger partial charge is 0.262 e. The van der Waals surface area contributed by atoms with Gasteiger partial charge in [0, 0.05) is 15.4 Å². The summed E-state index contributed by atoms with van der Waals surface area (Å²) in [5.41, 5.74) is 1.44. The molecule has 1 aliphatic heterocycles. The maximum absolute atomic E-state index is 13.1. The molecule has 31 heavy (non-hydrogen) atoms. The van der Waals surface area contributed by atoms with Crippen LogP contribution < -0.4 is 15.4 Å². The van der Waals surface area contributed by atoms with Crippen LogP contribution in [0.3, 0.4) is 0 Å². The van der Waals surface area contributed by atoms with Gasteiger partial charge in [-0.1, -0.05) is 15.9 Å². The van der Waals surface area contributed by atoms with Gasteiger partial charge in [0.1, 0.15) is 10.8 Å². The molecule has 0 bridgehead atoms. The van der Waals surface area contributed by atoms with Crippen LogP contribution in [0.5, 0.6) is 5.75 Å². The molecule has 0 saturated carbocycles. The standard InChI is InChI=1S/C21H23BrN2O5S2/c22-13-5-7-15(8-6-13)29-11-18(25)24-21-19(16-3-1-2-4-17(16)30-21)20(26)23-14-9-10-31(27,28)12-14/h5-8,14H,1-4,9-12H2,(H,23,26)(H,24,25). The zero-order valence-corrected chi connectivity index (χ0v) is 20.0. The number of anilines is 1. The Morgan fingerprint density at radius 1 is 1.16 bits per heavy atom. The number of halogens is 1. The average Bonchev–Trinajstić information content (AvgIpc) is 3.26. The summed E-state index contributed by atoms with van der Waals surface area (Å²) in [7, 11) is -3.09. The van der Waals surface area contributed by atoms with Crippen LogP contribution in [0.15, 0.2) is 28.7 Å². The number of nitrogens with one attached hydrogen (secondary N) is 2. The van der Waals surface area contributed by atoms with Gasteiger partial charge in [-0.2, -0.15) is 0 Å². The number of rotatable bonds is 6. The first kappa shape index (κ1) is 22.3. The van der Waals surface area contributed by atoms with Gasteiger partial charge in [0.2, 0.25) is 0 Å². The number of fused-ring (bicyclic) bond motifs is 1. The highest BCUT2D eigenvalue weighted by atomic mass is 79.9. The number of sulfone groups is 1. The van der Waals surface area contributed by atoms with Gasteiger partial charge in [-0.25, -0.2) is 8.42 Å². The van der Waals surface area contributed by atoms with Crippen LogP contribution in [0.4, 0.5) is 5.00 Å². The highest BCUT2D eigenvalue weighted by Gasteiger charge is 2.32. The molecule has 4 rings (SSSR count). The van der Waals surface area contributed by atoms with Gasteiger partial charge < -0.3 is 15.4 Å². The number of amides is 2. The topological polar surface area (TPSA) is 102 Å². The molecule has 1 aliphatic carbocycles. The normalized spacial score (nSPS) is 19.5. The minimum absolute atomic E-state index is 0.0339. The first-order valence-corrected chi connectivity index (χ1v) is 13.6. The molecule has 1 atom stereocenters. The van der Waals surface area contributed by atoms with Crippen LogP contribution in [0.1, 0.15) is 40.1 Å². The van der Waals surface area contributed by atoms with Gasteiger partial charge in [0.25, 0.3) is 11.8 Å². The SMILES string of the molecule is O=C(COc1ccc(Br)cc1)Nc1sc2c(c1C(=O)NC1CCS(=O)(=O)C1)CCCC2. The molecular formula is C21H23BrN2O5S2. The number of aryl methyl sites for hydroxylation is 1. The summed E-state index contributed by atoms with van der Waals surface area (Å²) in [6.45, 7) is -0.174. The summed E-state index contributed by atoms with van der Waals surface area (Å²) in [5, 5.41) is 6.21. The molecule has 2 amide bonds. The fourth-order valence-electron chi connectivity index (χ4n) is 3.90. The van der Waals surface area contributed by atoms with Crippen molar-refractivity contribution in [2.45, 2.75) is 38.1 Å². The first-order valence-electron chi connectivity index (χ1n) is 10.1. The van der Waals surface area contributed by atoms with Crippen LogP contribution in [0, 0.1) is 0 Å². The lowest BCUT2D eigenvalue weighted by atomic mass is 9.95. The molecule has 2 aromatic rings. The van der Waals surface area contributed by atoms with E-state index < -0.39 is 9.84 Å². The first-order chi connectivity index (χ1) is 14.8. The molecule has 7 nitrogen and oxygen atoms in total. The Balaban J connectivity index is 1.47. The van der Waals surface area contributed by atoms with Gasteiger partial charge >= 0.3 is 0 Å². The lowest BCUT2D eigenvalue weighted by Crippen LogP contribution is -2.36. The van der Waals surface area contributed by atoms with E-state index in [4.69, 9.17) is 4.74 Å². The summed E-state index contributed by atoms with van der Waals surface area (Å²) >= 11 is 4.78. The molecule has 0 radical (unpaired) electrons. The Bertz CT molecular complexity index is 1100. The number of hydrogen-bond acceptors (Lipinski definition) is 6. The Morgan fingerprint density at radius 2 is 1.90 bits per heavy atom. The van der Waals surface area contributed by atoms with Gasteiger partial charge in [-0.15, -0.1) is 11.3 Å². The molecular weight excluding hydrogens is 504 g/mol. The number of carbonyl (C=O) groups excluding carboxylic acids is 2. The van der Waals surface area contributed by atoms with E-state index in [2.05, 4.69) is 26.6 Å². The molecule has 1 fully saturated rings. The minimum atomic E-state index is -3.09. The number of hydrogen-bond donors (Lipinski definition) is 2. The zero-order valence-electron chi connectivity index (χ0n) is 16.8. The third-order valence-corrected chi connectivity index (χ3v) is 8.91. The largest absolute Gasteiger partial charge is 0.484 e. The highest BCUT2D eigenvalue weighted by Crippen LogP contribution is 2.38. The van der Waals surface area contributed by atoms with Crippen molar-refractivity contribution in [1.29, 1.82) is 0 Å². The second-order valence-corrected chi connectivity index (χ2v) is 12.0. The van der Waals surface area contributed by atoms with E-state index in [1.165, 1.54) is 11.3 Å². The van der Waals surface area contributed by atoms with Crippen LogP contribution in [-0.2, 0) is 27.5 Å². The monoisotopic (exact) mass is 526 g/mol. The van der Waals surface area contributed by atoms with Crippen molar-refractivity contribution in [3.05, 3.63) is 44.7 Å². The molecule has 10 heteroatoms. The molecule has 1 aromatic heterocycles. The summed E-state index contributed by atoms with van der Waals surface area (Å²) in [4.78, 5) is 26.7. The summed E-state index contributed by atoms with van der Waals surface area (Å²) in [6.07, 6.45) is 4.12. The summed E-state index contributed by atoms with van der Waals surface area (Å²) < 4.78 is 29.9. The Morgan fingerprint density at radius 3 is 2.61 bits per heavy atom. The van der Waals surface area contributed by atoms with E-state index in [0.29, 0.717) is 22.7 Å². The molecule has 1 saturated heterocycles. The van der Waals surface area contributed by atoms with E-state index in [9.17, 15) is 18.0 Å². The minimum Gasteiger partial charge on any atom is -0.484 e. The van der Waals surface area contributed by atoms with Crippen molar-refractivity contribution in [3.8, 4) is 5.75 Å². The molecule has 0 spiro atoms. The van der Waals surface area contributed by atoms with Crippen molar-refractivity contribution in [2.24, 2.45) is 0 Å². The Hall–Kier alpha value is -1.91. The van der Waals surface area contributed by atoms with Crippen LogP contribution in [0.25, 0.3) is 0 Å². The summed E-state index contributed by atoms with van der Waals surface area (Å²) in [6, 6.07) is 6.78. The fraction of sp³-hybridized carbons (Fsp3) is 0.429. The van der Waals surface area contributed by atoms with Gasteiger partial charge in [-0.3, -0.25) is 9.59 Å². The summed E-state index contributed by atoms with van der Waals surface area (Å²) in [5.74, 6) is -0.0290. The third-order valence-electron chi connectivity index (χ3n) is 5.40. The lowest BCUT2D eigenvalue weighted by Gasteiger charge is -2.15. The predicted octanol–water partition coefficient (Wildman–Crippen LogP) is 3.32. The molecule has 2 N–H and O–H groups in total. The van der Waals surface area contributed by atoms with Crippen LogP contribution in [-0.4, -0.2) is 44.4 Å². The zero-order chi connectivity index (χ0) is 22.0. The van der Waals surface area contributed by atoms with Crippen molar-refractivity contribution < 1.29 is 22.7 Å². The molecule has 2 heterocycles. The van der Waals surface area contributed by atoms with E-state index in [1.54, 1.807) is 12.1 Å². The van der Waals surface area contributed by atoms with Gasteiger partial charge in [0.15, 0.2) is 16.4 Å². The van der Waals surface area contributed by atoms with Crippen molar-refractivity contribution >= 4 is 53.9 Å². The van der Waals surface area contributed by atoms with Crippen LogP contribution in [0.2, 0.25) is 0 Å². The van der Waals surface area contributed by atoms with Gasteiger partial charge in [0.05, 0.1) is 17.1 Å².